The lowest BCUT2D eigenvalue weighted by molar-refractivity contribution is -0.175. The zero-order valence-corrected chi connectivity index (χ0v) is 14.4. The summed E-state index contributed by atoms with van der Waals surface area (Å²) in [4.78, 5) is 16.0. The third-order valence-corrected chi connectivity index (χ3v) is 6.68. The summed E-state index contributed by atoms with van der Waals surface area (Å²) in [5.41, 5.74) is 0.871. The van der Waals surface area contributed by atoms with Gasteiger partial charge in [0.2, 0.25) is 0 Å². The standard InChI is InChI=1S/C17H24N2O3S/c1-2-21-16(20)12-10-23-13(19-12)4-8-18-14-11-5-9-22-15(11)17(14)6-3-7-17/h10-11,14-15,18H,2-9H2,1H3/t11-,14+,15-/m1/s1. The molecule has 2 saturated carbocycles. The van der Waals surface area contributed by atoms with E-state index in [2.05, 4.69) is 10.3 Å². The Kier molecular flexibility index (Phi) is 4.15. The molecule has 0 bridgehead atoms. The van der Waals surface area contributed by atoms with Crippen LogP contribution in [0.3, 0.4) is 0 Å². The summed E-state index contributed by atoms with van der Waals surface area (Å²) >= 11 is 1.54. The second kappa shape index (κ2) is 6.15. The van der Waals surface area contributed by atoms with E-state index in [1.54, 1.807) is 16.7 Å². The average Bonchev–Trinajstić information content (AvgIpc) is 3.10. The highest BCUT2D eigenvalue weighted by molar-refractivity contribution is 7.09. The van der Waals surface area contributed by atoms with E-state index in [4.69, 9.17) is 9.47 Å². The lowest BCUT2D eigenvalue weighted by atomic mass is 9.46. The van der Waals surface area contributed by atoms with Crippen molar-refractivity contribution < 1.29 is 14.3 Å². The van der Waals surface area contributed by atoms with Crippen LogP contribution in [-0.2, 0) is 15.9 Å². The van der Waals surface area contributed by atoms with Crippen molar-refractivity contribution in [3.63, 3.8) is 0 Å². The Morgan fingerprint density at radius 3 is 3.17 bits per heavy atom. The molecular formula is C17H24N2O3S. The van der Waals surface area contributed by atoms with Gasteiger partial charge in [-0.1, -0.05) is 6.42 Å². The van der Waals surface area contributed by atoms with Crippen LogP contribution >= 0.6 is 11.3 Å². The van der Waals surface area contributed by atoms with E-state index in [-0.39, 0.29) is 5.97 Å². The van der Waals surface area contributed by atoms with E-state index in [0.717, 1.165) is 24.6 Å². The number of aromatic nitrogens is 1. The molecular weight excluding hydrogens is 312 g/mol. The van der Waals surface area contributed by atoms with Crippen molar-refractivity contribution in [2.24, 2.45) is 11.3 Å². The maximum Gasteiger partial charge on any atom is 0.357 e. The van der Waals surface area contributed by atoms with E-state index < -0.39 is 0 Å². The molecule has 6 heteroatoms. The van der Waals surface area contributed by atoms with Crippen molar-refractivity contribution in [3.05, 3.63) is 16.1 Å². The van der Waals surface area contributed by atoms with Crippen LogP contribution in [-0.4, -0.2) is 42.9 Å². The van der Waals surface area contributed by atoms with Gasteiger partial charge in [0, 0.05) is 42.3 Å². The van der Waals surface area contributed by atoms with Crippen molar-refractivity contribution in [2.75, 3.05) is 19.8 Å². The Labute approximate surface area is 140 Å². The molecule has 4 rings (SSSR count). The third-order valence-electron chi connectivity index (χ3n) is 5.78. The van der Waals surface area contributed by atoms with Gasteiger partial charge in [-0.3, -0.25) is 0 Å². The van der Waals surface area contributed by atoms with Crippen molar-refractivity contribution >= 4 is 17.3 Å². The van der Waals surface area contributed by atoms with Crippen LogP contribution in [0.2, 0.25) is 0 Å². The van der Waals surface area contributed by atoms with E-state index in [0.29, 0.717) is 35.8 Å². The largest absolute Gasteiger partial charge is 0.461 e. The fourth-order valence-electron chi connectivity index (χ4n) is 4.62. The summed E-state index contributed by atoms with van der Waals surface area (Å²) in [6.07, 6.45) is 6.57. The average molecular weight is 336 g/mol. The molecule has 3 fully saturated rings. The fourth-order valence-corrected chi connectivity index (χ4v) is 5.39. The monoisotopic (exact) mass is 336 g/mol. The Bertz CT molecular complexity index is 584. The molecule has 1 saturated heterocycles. The van der Waals surface area contributed by atoms with E-state index in [9.17, 15) is 4.79 Å². The fraction of sp³-hybridized carbons (Fsp3) is 0.765. The minimum atomic E-state index is -0.318. The van der Waals surface area contributed by atoms with Gasteiger partial charge in [-0.05, 0) is 26.2 Å². The second-order valence-corrected chi connectivity index (χ2v) is 7.80. The van der Waals surface area contributed by atoms with E-state index in [1.807, 2.05) is 6.92 Å². The number of nitrogens with zero attached hydrogens (tertiary/aromatic N) is 1. The maximum absolute atomic E-state index is 11.6. The number of hydrogen-bond acceptors (Lipinski definition) is 6. The first-order valence-corrected chi connectivity index (χ1v) is 9.59. The highest BCUT2D eigenvalue weighted by Crippen LogP contribution is 2.62. The number of carbonyl (C=O) groups is 1. The Morgan fingerprint density at radius 2 is 2.43 bits per heavy atom. The third kappa shape index (κ3) is 2.51. The first-order valence-electron chi connectivity index (χ1n) is 8.71. The molecule has 0 unspecified atom stereocenters. The summed E-state index contributed by atoms with van der Waals surface area (Å²) < 4.78 is 10.9. The van der Waals surface area contributed by atoms with E-state index in [1.165, 1.54) is 25.7 Å². The quantitative estimate of drug-likeness (QED) is 0.809. The molecule has 0 amide bonds. The van der Waals surface area contributed by atoms with Gasteiger partial charge in [0.25, 0.3) is 0 Å². The van der Waals surface area contributed by atoms with Gasteiger partial charge in [-0.25, -0.2) is 9.78 Å². The zero-order chi connectivity index (χ0) is 15.9. The number of carbonyl (C=O) groups excluding carboxylic acids is 1. The van der Waals surface area contributed by atoms with Crippen LogP contribution in [0.25, 0.3) is 0 Å². The highest BCUT2D eigenvalue weighted by Gasteiger charge is 2.66. The Morgan fingerprint density at radius 1 is 1.57 bits per heavy atom. The van der Waals surface area contributed by atoms with Crippen molar-refractivity contribution in [1.29, 1.82) is 0 Å². The molecule has 1 spiro atoms. The number of thiazole rings is 1. The lowest BCUT2D eigenvalue weighted by Gasteiger charge is -2.63. The number of fused-ring (bicyclic) bond motifs is 2. The molecule has 2 aliphatic carbocycles. The van der Waals surface area contributed by atoms with Gasteiger partial charge in [0.05, 0.1) is 17.7 Å². The topological polar surface area (TPSA) is 60.5 Å². The predicted octanol–water partition coefficient (Wildman–Crippen LogP) is 2.41. The summed E-state index contributed by atoms with van der Waals surface area (Å²) in [6, 6.07) is 0.619. The smallest absolute Gasteiger partial charge is 0.357 e. The number of hydrogen-bond donors (Lipinski definition) is 1. The molecule has 5 nitrogen and oxygen atoms in total. The molecule has 0 aromatic carbocycles. The minimum absolute atomic E-state index is 0.318. The van der Waals surface area contributed by atoms with Gasteiger partial charge in [0.15, 0.2) is 5.69 Å². The van der Waals surface area contributed by atoms with Crippen molar-refractivity contribution in [1.82, 2.24) is 10.3 Å². The second-order valence-electron chi connectivity index (χ2n) is 6.86. The molecule has 1 N–H and O–H groups in total. The number of rotatable bonds is 6. The van der Waals surface area contributed by atoms with Gasteiger partial charge >= 0.3 is 5.97 Å². The Hall–Kier alpha value is -0.980. The number of ether oxygens (including phenoxy) is 2. The minimum Gasteiger partial charge on any atom is -0.461 e. The van der Waals surface area contributed by atoms with E-state index >= 15 is 0 Å². The molecule has 1 aromatic rings. The summed E-state index contributed by atoms with van der Waals surface area (Å²) in [5.74, 6) is 0.392. The molecule has 23 heavy (non-hydrogen) atoms. The molecule has 3 atom stereocenters. The lowest BCUT2D eigenvalue weighted by Crippen LogP contribution is -2.71. The normalized spacial score (nSPS) is 30.6. The van der Waals surface area contributed by atoms with Crippen molar-refractivity contribution in [3.8, 4) is 0 Å². The molecule has 126 valence electrons. The van der Waals surface area contributed by atoms with Gasteiger partial charge in [-0.15, -0.1) is 11.3 Å². The van der Waals surface area contributed by atoms with Crippen LogP contribution in [0, 0.1) is 11.3 Å². The summed E-state index contributed by atoms with van der Waals surface area (Å²) in [6.45, 7) is 4.06. The zero-order valence-electron chi connectivity index (χ0n) is 13.5. The van der Waals surface area contributed by atoms with Crippen LogP contribution in [0.4, 0.5) is 0 Å². The molecule has 1 aromatic heterocycles. The number of nitrogens with one attached hydrogen (secondary N) is 1. The molecule has 0 radical (unpaired) electrons. The van der Waals surface area contributed by atoms with Crippen LogP contribution in [0.5, 0.6) is 0 Å². The SMILES string of the molecule is CCOC(=O)c1csc(CCN[C@H]2[C@H]3CCO[C@H]3C23CCC3)n1. The van der Waals surface area contributed by atoms with Crippen LogP contribution in [0.1, 0.15) is 48.1 Å². The highest BCUT2D eigenvalue weighted by atomic mass is 32.1. The summed E-state index contributed by atoms with van der Waals surface area (Å²) in [7, 11) is 0. The molecule has 3 aliphatic rings. The maximum atomic E-state index is 11.6. The number of esters is 1. The first-order chi connectivity index (χ1) is 11.2. The van der Waals surface area contributed by atoms with Crippen molar-refractivity contribution in [2.45, 2.75) is 51.2 Å². The molecule has 1 aliphatic heterocycles. The summed E-state index contributed by atoms with van der Waals surface area (Å²) in [5, 5.41) is 6.56. The van der Waals surface area contributed by atoms with Gasteiger partial charge in [-0.2, -0.15) is 0 Å². The Balaban J connectivity index is 1.30. The first kappa shape index (κ1) is 15.5. The van der Waals surface area contributed by atoms with Crippen LogP contribution in [0.15, 0.2) is 5.38 Å². The van der Waals surface area contributed by atoms with Gasteiger partial charge in [0.1, 0.15) is 0 Å². The van der Waals surface area contributed by atoms with Crippen LogP contribution < -0.4 is 5.32 Å². The predicted molar refractivity (Wildman–Crippen MR) is 87.7 cm³/mol. The van der Waals surface area contributed by atoms with Gasteiger partial charge < -0.3 is 14.8 Å². The molecule has 2 heterocycles.